The maximum atomic E-state index is 12.1. The van der Waals surface area contributed by atoms with E-state index in [4.69, 9.17) is 11.6 Å². The van der Waals surface area contributed by atoms with Crippen molar-refractivity contribution in [3.05, 3.63) is 34.9 Å². The van der Waals surface area contributed by atoms with Crippen LogP contribution in [-0.2, 0) is 21.4 Å². The summed E-state index contributed by atoms with van der Waals surface area (Å²) in [6.45, 7) is 0.331. The lowest BCUT2D eigenvalue weighted by Gasteiger charge is -2.24. The fourth-order valence-electron chi connectivity index (χ4n) is 2.95. The van der Waals surface area contributed by atoms with Crippen molar-refractivity contribution in [1.82, 2.24) is 9.62 Å². The van der Waals surface area contributed by atoms with E-state index in [1.165, 1.54) is 10.7 Å². The number of nitrogens with zero attached hydrogens (tertiary/aromatic N) is 1. The van der Waals surface area contributed by atoms with Crippen LogP contribution in [0.2, 0.25) is 5.02 Å². The number of halogens is 1. The Morgan fingerprint density at radius 1 is 1.25 bits per heavy atom. The standard InChI is InChI=1S/C17H25ClN2O3S/c1-24(22,23)20(13-14-7-5-6-10-16(14)18)12-11-17(21)19-15-8-3-2-4-9-15/h5-7,10,15H,2-4,8-9,11-13H2,1H3,(H,19,21). The molecule has 1 saturated carbocycles. The van der Waals surface area contributed by atoms with Gasteiger partial charge < -0.3 is 5.32 Å². The van der Waals surface area contributed by atoms with Crippen molar-refractivity contribution in [2.45, 2.75) is 51.1 Å². The molecular weight excluding hydrogens is 348 g/mol. The van der Waals surface area contributed by atoms with Gasteiger partial charge in [0.25, 0.3) is 0 Å². The molecule has 0 saturated heterocycles. The van der Waals surface area contributed by atoms with Gasteiger partial charge in [0.05, 0.1) is 6.26 Å². The molecule has 1 amide bonds. The molecule has 2 rings (SSSR count). The van der Waals surface area contributed by atoms with Crippen LogP contribution in [0.5, 0.6) is 0 Å². The van der Waals surface area contributed by atoms with Crippen LogP contribution in [0, 0.1) is 0 Å². The Balaban J connectivity index is 1.92. The molecule has 7 heteroatoms. The minimum absolute atomic E-state index is 0.0882. The summed E-state index contributed by atoms with van der Waals surface area (Å²) in [5.74, 6) is -0.0882. The van der Waals surface area contributed by atoms with E-state index in [1.54, 1.807) is 18.2 Å². The molecular formula is C17H25ClN2O3S. The normalized spacial score (nSPS) is 16.3. The number of benzene rings is 1. The highest BCUT2D eigenvalue weighted by Gasteiger charge is 2.21. The average Bonchev–Trinajstić information content (AvgIpc) is 2.53. The topological polar surface area (TPSA) is 66.5 Å². The van der Waals surface area contributed by atoms with Crippen LogP contribution in [0.3, 0.4) is 0 Å². The highest BCUT2D eigenvalue weighted by Crippen LogP contribution is 2.19. The Hall–Kier alpha value is -1.11. The SMILES string of the molecule is CS(=O)(=O)N(CCC(=O)NC1CCCCC1)Cc1ccccc1Cl. The second-order valence-corrected chi connectivity index (χ2v) is 8.73. The second-order valence-electron chi connectivity index (χ2n) is 6.34. The zero-order valence-electron chi connectivity index (χ0n) is 14.0. The van der Waals surface area contributed by atoms with Gasteiger partial charge in [-0.3, -0.25) is 4.79 Å². The fraction of sp³-hybridized carbons (Fsp3) is 0.588. The minimum Gasteiger partial charge on any atom is -0.353 e. The van der Waals surface area contributed by atoms with Crippen LogP contribution >= 0.6 is 11.6 Å². The number of carbonyl (C=O) groups is 1. The number of nitrogens with one attached hydrogen (secondary N) is 1. The molecule has 1 aliphatic carbocycles. The van der Waals surface area contributed by atoms with Gasteiger partial charge in [-0.15, -0.1) is 0 Å². The van der Waals surface area contributed by atoms with E-state index in [-0.39, 0.29) is 31.5 Å². The predicted molar refractivity (Wildman–Crippen MR) is 96.3 cm³/mol. The second kappa shape index (κ2) is 8.83. The van der Waals surface area contributed by atoms with Crippen molar-refractivity contribution in [2.75, 3.05) is 12.8 Å². The van der Waals surface area contributed by atoms with E-state index in [0.717, 1.165) is 37.5 Å². The van der Waals surface area contributed by atoms with Crippen LogP contribution in [0.15, 0.2) is 24.3 Å². The summed E-state index contributed by atoms with van der Waals surface area (Å²) in [4.78, 5) is 12.1. The lowest BCUT2D eigenvalue weighted by molar-refractivity contribution is -0.122. The maximum absolute atomic E-state index is 12.1. The van der Waals surface area contributed by atoms with E-state index < -0.39 is 10.0 Å². The minimum atomic E-state index is -3.41. The molecule has 5 nitrogen and oxygen atoms in total. The molecule has 0 bridgehead atoms. The largest absolute Gasteiger partial charge is 0.353 e. The first-order chi connectivity index (χ1) is 11.4. The van der Waals surface area contributed by atoms with E-state index in [9.17, 15) is 13.2 Å². The van der Waals surface area contributed by atoms with Crippen molar-refractivity contribution in [3.8, 4) is 0 Å². The summed E-state index contributed by atoms with van der Waals surface area (Å²) >= 11 is 6.11. The number of hydrogen-bond donors (Lipinski definition) is 1. The quantitative estimate of drug-likeness (QED) is 0.800. The van der Waals surface area contributed by atoms with Gasteiger partial charge in [0.15, 0.2) is 0 Å². The van der Waals surface area contributed by atoms with E-state index in [0.29, 0.717) is 5.02 Å². The summed E-state index contributed by atoms with van der Waals surface area (Å²) < 4.78 is 25.3. The summed E-state index contributed by atoms with van der Waals surface area (Å²) in [5.41, 5.74) is 0.734. The van der Waals surface area contributed by atoms with Crippen molar-refractivity contribution in [1.29, 1.82) is 0 Å². The van der Waals surface area contributed by atoms with Crippen LogP contribution in [0.4, 0.5) is 0 Å². The molecule has 0 spiro atoms. The number of sulfonamides is 1. The number of hydrogen-bond acceptors (Lipinski definition) is 3. The predicted octanol–water partition coefficient (Wildman–Crippen LogP) is 2.94. The third-order valence-corrected chi connectivity index (χ3v) is 5.95. The third-order valence-electron chi connectivity index (χ3n) is 4.33. The summed E-state index contributed by atoms with van der Waals surface area (Å²) in [5, 5.41) is 3.54. The van der Waals surface area contributed by atoms with Gasteiger partial charge >= 0.3 is 0 Å². The Morgan fingerprint density at radius 2 is 1.92 bits per heavy atom. The van der Waals surface area contributed by atoms with Gasteiger partial charge in [0, 0.05) is 30.6 Å². The lowest BCUT2D eigenvalue weighted by atomic mass is 9.95. The molecule has 0 atom stereocenters. The van der Waals surface area contributed by atoms with Gasteiger partial charge in [-0.2, -0.15) is 4.31 Å². The molecule has 0 unspecified atom stereocenters. The van der Waals surface area contributed by atoms with Crippen molar-refractivity contribution < 1.29 is 13.2 Å². The smallest absolute Gasteiger partial charge is 0.221 e. The molecule has 0 aliphatic heterocycles. The van der Waals surface area contributed by atoms with Crippen molar-refractivity contribution in [3.63, 3.8) is 0 Å². The van der Waals surface area contributed by atoms with Crippen LogP contribution in [0.1, 0.15) is 44.1 Å². The highest BCUT2D eigenvalue weighted by molar-refractivity contribution is 7.88. The van der Waals surface area contributed by atoms with Crippen molar-refractivity contribution >= 4 is 27.5 Å². The molecule has 1 N–H and O–H groups in total. The molecule has 1 aromatic rings. The van der Waals surface area contributed by atoms with E-state index >= 15 is 0 Å². The van der Waals surface area contributed by atoms with E-state index in [1.807, 2.05) is 6.07 Å². The summed E-state index contributed by atoms with van der Waals surface area (Å²) in [7, 11) is -3.41. The van der Waals surface area contributed by atoms with Gasteiger partial charge in [-0.05, 0) is 24.5 Å². The lowest BCUT2D eigenvalue weighted by Crippen LogP contribution is -2.39. The molecule has 1 aromatic carbocycles. The number of amides is 1. The van der Waals surface area contributed by atoms with Crippen molar-refractivity contribution in [2.24, 2.45) is 0 Å². The van der Waals surface area contributed by atoms with Gasteiger partial charge in [0.1, 0.15) is 0 Å². The van der Waals surface area contributed by atoms with Gasteiger partial charge in [-0.1, -0.05) is 49.1 Å². The highest BCUT2D eigenvalue weighted by atomic mass is 35.5. The Kier molecular flexibility index (Phi) is 7.07. The fourth-order valence-corrected chi connectivity index (χ4v) is 3.94. The van der Waals surface area contributed by atoms with Crippen LogP contribution in [-0.4, -0.2) is 37.5 Å². The average molecular weight is 373 g/mol. The van der Waals surface area contributed by atoms with E-state index in [2.05, 4.69) is 5.32 Å². The molecule has 0 heterocycles. The Bertz CT molecular complexity index is 658. The zero-order chi connectivity index (χ0) is 17.6. The first-order valence-electron chi connectivity index (χ1n) is 8.34. The molecule has 24 heavy (non-hydrogen) atoms. The zero-order valence-corrected chi connectivity index (χ0v) is 15.6. The summed E-state index contributed by atoms with van der Waals surface area (Å²) in [6.07, 6.45) is 6.87. The third kappa shape index (κ3) is 6.07. The molecule has 0 aromatic heterocycles. The first kappa shape index (κ1) is 19.2. The maximum Gasteiger partial charge on any atom is 0.221 e. The van der Waals surface area contributed by atoms with Gasteiger partial charge in [0.2, 0.25) is 15.9 Å². The monoisotopic (exact) mass is 372 g/mol. The Labute approximate surface area is 149 Å². The molecule has 134 valence electrons. The molecule has 0 radical (unpaired) electrons. The Morgan fingerprint density at radius 3 is 2.54 bits per heavy atom. The first-order valence-corrected chi connectivity index (χ1v) is 10.6. The molecule has 1 aliphatic rings. The molecule has 1 fully saturated rings. The van der Waals surface area contributed by atoms with Gasteiger partial charge in [-0.25, -0.2) is 8.42 Å². The summed E-state index contributed by atoms with van der Waals surface area (Å²) in [6, 6.07) is 7.38. The van der Waals surface area contributed by atoms with Crippen LogP contribution < -0.4 is 5.32 Å². The van der Waals surface area contributed by atoms with Crippen LogP contribution in [0.25, 0.3) is 0 Å². The number of carbonyl (C=O) groups excluding carboxylic acids is 1. The number of rotatable bonds is 7.